The van der Waals surface area contributed by atoms with Gasteiger partial charge in [0.1, 0.15) is 0 Å². The highest BCUT2D eigenvalue weighted by Crippen LogP contribution is 2.29. The molecule has 8 heteroatoms. The lowest BCUT2D eigenvalue weighted by Gasteiger charge is -2.17. The molecule has 138 valence electrons. The molecule has 0 aliphatic carbocycles. The fourth-order valence-corrected chi connectivity index (χ4v) is 2.65. The van der Waals surface area contributed by atoms with Gasteiger partial charge in [-0.2, -0.15) is 0 Å². The number of rotatable bonds is 6. The Balaban J connectivity index is 2.11. The summed E-state index contributed by atoms with van der Waals surface area (Å²) in [6, 6.07) is 9.23. The topological polar surface area (TPSA) is 73.9 Å². The fraction of sp³-hybridized carbons (Fsp3) is 0.222. The predicted octanol–water partition coefficient (Wildman–Crippen LogP) is 4.19. The van der Waals surface area contributed by atoms with Crippen LogP contribution in [0.5, 0.6) is 11.5 Å². The summed E-state index contributed by atoms with van der Waals surface area (Å²) in [5.74, 6) is -0.286. The number of hydrogen-bond acceptors (Lipinski definition) is 5. The van der Waals surface area contributed by atoms with Crippen LogP contribution in [0.3, 0.4) is 0 Å². The van der Waals surface area contributed by atoms with Crippen molar-refractivity contribution < 1.29 is 23.8 Å². The monoisotopic (exact) mass is 397 g/mol. The quantitative estimate of drug-likeness (QED) is 0.739. The van der Waals surface area contributed by atoms with Crippen molar-refractivity contribution in [1.29, 1.82) is 0 Å². The molecule has 0 fully saturated rings. The molecular formula is C18H17Cl2NO5. The van der Waals surface area contributed by atoms with Gasteiger partial charge in [-0.1, -0.05) is 23.2 Å². The van der Waals surface area contributed by atoms with E-state index in [4.69, 9.17) is 32.7 Å². The number of nitrogens with one attached hydrogen (secondary N) is 1. The Morgan fingerprint density at radius 3 is 2.23 bits per heavy atom. The summed E-state index contributed by atoms with van der Waals surface area (Å²) in [7, 11) is 2.72. The van der Waals surface area contributed by atoms with Crippen LogP contribution in [0.25, 0.3) is 0 Å². The molecule has 0 radical (unpaired) electrons. The van der Waals surface area contributed by atoms with Crippen molar-refractivity contribution in [3.8, 4) is 11.5 Å². The Morgan fingerprint density at radius 2 is 1.65 bits per heavy atom. The van der Waals surface area contributed by atoms with E-state index < -0.39 is 18.0 Å². The maximum absolute atomic E-state index is 12.3. The van der Waals surface area contributed by atoms with Gasteiger partial charge in [0.2, 0.25) is 0 Å². The van der Waals surface area contributed by atoms with E-state index in [1.807, 2.05) is 0 Å². The Labute approximate surface area is 160 Å². The third-order valence-corrected chi connectivity index (χ3v) is 3.82. The van der Waals surface area contributed by atoms with Crippen LogP contribution in [0.1, 0.15) is 17.3 Å². The summed E-state index contributed by atoms with van der Waals surface area (Å²) in [6.45, 7) is 1.58. The average molecular weight is 398 g/mol. The molecule has 2 aromatic rings. The van der Waals surface area contributed by atoms with E-state index in [-0.39, 0.29) is 0 Å². The van der Waals surface area contributed by atoms with Gasteiger partial charge >= 0.3 is 5.97 Å². The summed E-state index contributed by atoms with van der Waals surface area (Å²) < 4.78 is 15.5. The molecule has 6 nitrogen and oxygen atoms in total. The molecule has 0 saturated heterocycles. The fourth-order valence-electron chi connectivity index (χ4n) is 2.12. The predicted molar refractivity (Wildman–Crippen MR) is 99.5 cm³/mol. The number of amides is 1. The van der Waals surface area contributed by atoms with Crippen LogP contribution >= 0.6 is 23.2 Å². The lowest BCUT2D eigenvalue weighted by Crippen LogP contribution is -2.30. The van der Waals surface area contributed by atoms with Crippen molar-refractivity contribution in [2.45, 2.75) is 13.0 Å². The number of anilines is 1. The Hall–Kier alpha value is -2.44. The van der Waals surface area contributed by atoms with Crippen molar-refractivity contribution in [1.82, 2.24) is 0 Å². The molecule has 0 saturated carbocycles. The maximum atomic E-state index is 12.3. The molecule has 0 aliphatic rings. The molecule has 2 rings (SSSR count). The van der Waals surface area contributed by atoms with Gasteiger partial charge in [0.05, 0.1) is 19.8 Å². The molecule has 26 heavy (non-hydrogen) atoms. The largest absolute Gasteiger partial charge is 0.493 e. The highest BCUT2D eigenvalue weighted by atomic mass is 35.5. The lowest BCUT2D eigenvalue weighted by atomic mass is 10.2. The summed E-state index contributed by atoms with van der Waals surface area (Å²) in [5, 5.41) is 3.48. The number of methoxy groups -OCH3 is 2. The standard InChI is InChI=1S/C18H17Cl2NO5/c1-10(17(22)21-14-8-12(19)7-13(20)9-14)26-15-5-4-11(18(23)25-3)6-16(15)24-2/h4-10H,1-3H3,(H,21,22)/t10-/m1/s1. The second kappa shape index (κ2) is 8.78. The van der Waals surface area contributed by atoms with E-state index in [0.29, 0.717) is 32.8 Å². The summed E-state index contributed by atoms with van der Waals surface area (Å²) in [5.41, 5.74) is 0.762. The minimum Gasteiger partial charge on any atom is -0.493 e. The molecule has 1 atom stereocenters. The van der Waals surface area contributed by atoms with Crippen molar-refractivity contribution in [3.63, 3.8) is 0 Å². The van der Waals surface area contributed by atoms with E-state index in [1.54, 1.807) is 25.1 Å². The second-order valence-electron chi connectivity index (χ2n) is 5.26. The van der Waals surface area contributed by atoms with Crippen molar-refractivity contribution in [3.05, 3.63) is 52.0 Å². The molecule has 0 aliphatic heterocycles. The van der Waals surface area contributed by atoms with E-state index in [9.17, 15) is 9.59 Å². The lowest BCUT2D eigenvalue weighted by molar-refractivity contribution is -0.122. The number of hydrogen-bond donors (Lipinski definition) is 1. The van der Waals surface area contributed by atoms with Gasteiger partial charge in [-0.05, 0) is 43.3 Å². The van der Waals surface area contributed by atoms with Crippen LogP contribution in [0.2, 0.25) is 10.0 Å². The number of esters is 1. The number of carbonyl (C=O) groups is 2. The van der Waals surface area contributed by atoms with Gasteiger partial charge in [-0.3, -0.25) is 4.79 Å². The van der Waals surface area contributed by atoms with Crippen molar-refractivity contribution in [2.75, 3.05) is 19.5 Å². The maximum Gasteiger partial charge on any atom is 0.337 e. The minimum absolute atomic E-state index is 0.304. The second-order valence-corrected chi connectivity index (χ2v) is 6.14. The van der Waals surface area contributed by atoms with Crippen LogP contribution in [-0.2, 0) is 9.53 Å². The van der Waals surface area contributed by atoms with E-state index in [1.165, 1.54) is 32.4 Å². The normalized spacial score (nSPS) is 11.4. The molecule has 0 unspecified atom stereocenters. The highest BCUT2D eigenvalue weighted by molar-refractivity contribution is 6.35. The van der Waals surface area contributed by atoms with Gasteiger partial charge < -0.3 is 19.5 Å². The van der Waals surface area contributed by atoms with Gasteiger partial charge in [-0.15, -0.1) is 0 Å². The molecule has 2 aromatic carbocycles. The first kappa shape index (κ1) is 19.9. The first-order valence-electron chi connectivity index (χ1n) is 7.54. The van der Waals surface area contributed by atoms with E-state index in [0.717, 1.165) is 0 Å². The van der Waals surface area contributed by atoms with Crippen molar-refractivity contribution >= 4 is 40.8 Å². The zero-order valence-corrected chi connectivity index (χ0v) is 15.9. The van der Waals surface area contributed by atoms with Crippen LogP contribution in [0.4, 0.5) is 5.69 Å². The Bertz CT molecular complexity index is 805. The Morgan fingerprint density at radius 1 is 1.00 bits per heavy atom. The molecular weight excluding hydrogens is 381 g/mol. The average Bonchev–Trinajstić information content (AvgIpc) is 2.60. The van der Waals surface area contributed by atoms with Gasteiger partial charge in [-0.25, -0.2) is 4.79 Å². The summed E-state index contributed by atoms with van der Waals surface area (Å²) in [6.07, 6.45) is -0.842. The third kappa shape index (κ3) is 5.03. The van der Waals surface area contributed by atoms with Crippen LogP contribution < -0.4 is 14.8 Å². The van der Waals surface area contributed by atoms with Gasteiger partial charge in [0, 0.05) is 15.7 Å². The van der Waals surface area contributed by atoms with Crippen molar-refractivity contribution in [2.24, 2.45) is 0 Å². The van der Waals surface area contributed by atoms with E-state index >= 15 is 0 Å². The number of benzene rings is 2. The molecule has 0 bridgehead atoms. The molecule has 1 N–H and O–H groups in total. The zero-order chi connectivity index (χ0) is 19.3. The first-order chi connectivity index (χ1) is 12.3. The first-order valence-corrected chi connectivity index (χ1v) is 8.29. The highest BCUT2D eigenvalue weighted by Gasteiger charge is 2.19. The number of carbonyl (C=O) groups excluding carboxylic acids is 2. The summed E-state index contributed by atoms with van der Waals surface area (Å²) >= 11 is 11.8. The SMILES string of the molecule is COC(=O)c1ccc(O[C@H](C)C(=O)Nc2cc(Cl)cc(Cl)c2)c(OC)c1. The number of halogens is 2. The molecule has 1 amide bonds. The van der Waals surface area contributed by atoms with Crippen LogP contribution in [-0.4, -0.2) is 32.2 Å². The summed E-state index contributed by atoms with van der Waals surface area (Å²) in [4.78, 5) is 23.9. The van der Waals surface area contributed by atoms with Gasteiger partial charge in [0.25, 0.3) is 5.91 Å². The molecule has 0 aromatic heterocycles. The van der Waals surface area contributed by atoms with E-state index in [2.05, 4.69) is 10.1 Å². The minimum atomic E-state index is -0.842. The van der Waals surface area contributed by atoms with Crippen LogP contribution in [0, 0.1) is 0 Å². The third-order valence-electron chi connectivity index (χ3n) is 3.39. The zero-order valence-electron chi connectivity index (χ0n) is 14.3. The number of ether oxygens (including phenoxy) is 3. The Kier molecular flexibility index (Phi) is 6.71. The molecule has 0 heterocycles. The smallest absolute Gasteiger partial charge is 0.337 e. The van der Waals surface area contributed by atoms with Gasteiger partial charge in [0.15, 0.2) is 17.6 Å². The molecule has 0 spiro atoms. The van der Waals surface area contributed by atoms with Crippen LogP contribution in [0.15, 0.2) is 36.4 Å².